The molecule has 0 saturated carbocycles. The zero-order valence-electron chi connectivity index (χ0n) is 35.4. The zero-order chi connectivity index (χ0) is 43.6. The summed E-state index contributed by atoms with van der Waals surface area (Å²) < 4.78 is 29.2. The third-order valence-corrected chi connectivity index (χ3v) is 14.8. The first-order valence-electron chi connectivity index (χ1n) is 20.9. The molecule has 3 aromatic carbocycles. The van der Waals surface area contributed by atoms with E-state index in [-0.39, 0.29) is 72.8 Å². The molecule has 6 aliphatic rings. The molecule has 2 aliphatic carbocycles. The molecule has 2 N–H and O–H groups in total. The van der Waals surface area contributed by atoms with Gasteiger partial charge in [0.05, 0.1) is 25.3 Å². The fourth-order valence-electron chi connectivity index (χ4n) is 11.1. The number of methoxy groups -OCH3 is 1. The number of hydrogen-bond donors (Lipinski definition) is 2. The molecule has 4 heterocycles. The number of esters is 1. The molecule has 1 amide bonds. The lowest BCUT2D eigenvalue weighted by atomic mass is 9.64. The average molecular weight is 859 g/mol. The number of piperidine rings is 1. The van der Waals surface area contributed by atoms with Crippen LogP contribution in [0.5, 0.6) is 5.75 Å². The molecular formula is C48H50N4O9S. The summed E-state index contributed by atoms with van der Waals surface area (Å²) in [6, 6.07) is 17.2. The Bertz CT molecular complexity index is 2450. The minimum absolute atomic E-state index is 0.0541. The lowest BCUT2D eigenvalue weighted by Crippen LogP contribution is -2.74. The molecule has 3 fully saturated rings. The molecule has 2 bridgehead atoms. The second-order valence-corrected chi connectivity index (χ2v) is 18.0. The number of rotatable bonds is 11. The molecule has 0 radical (unpaired) electrons. The summed E-state index contributed by atoms with van der Waals surface area (Å²) in [5, 5.41) is 26.7. The fourth-order valence-corrected chi connectivity index (χ4v) is 12.3. The van der Waals surface area contributed by atoms with E-state index in [4.69, 9.17) is 23.7 Å². The lowest BCUT2D eigenvalue weighted by Gasteiger charge is -2.62. The number of piperazine rings is 1. The summed E-state index contributed by atoms with van der Waals surface area (Å²) in [4.78, 5) is 46.1. The lowest BCUT2D eigenvalue weighted by molar-refractivity contribution is -0.159. The molecule has 14 heteroatoms. The topological polar surface area (TPSA) is 160 Å². The minimum atomic E-state index is -2.07. The monoisotopic (exact) mass is 858 g/mol. The van der Waals surface area contributed by atoms with Crippen molar-refractivity contribution in [3.63, 3.8) is 0 Å². The van der Waals surface area contributed by atoms with E-state index in [1.807, 2.05) is 50.1 Å². The summed E-state index contributed by atoms with van der Waals surface area (Å²) in [5.74, 6) is 0.787. The number of ketones is 1. The van der Waals surface area contributed by atoms with E-state index in [1.54, 1.807) is 14.0 Å². The Balaban J connectivity index is 1.06. The smallest absolute Gasteiger partial charge is 0.408 e. The molecule has 3 aromatic rings. The maximum atomic E-state index is 14.5. The van der Waals surface area contributed by atoms with Gasteiger partial charge in [-0.3, -0.25) is 14.6 Å². The van der Waals surface area contributed by atoms with Gasteiger partial charge in [0.1, 0.15) is 31.0 Å². The molecular weight excluding hydrogens is 809 g/mol. The Kier molecular flexibility index (Phi) is 11.0. The number of nitrogens with one attached hydrogen (secondary N) is 1. The quantitative estimate of drug-likeness (QED) is 0.177. The van der Waals surface area contributed by atoms with Crippen LogP contribution in [0, 0.1) is 25.2 Å². The number of benzene rings is 3. The van der Waals surface area contributed by atoms with Crippen molar-refractivity contribution in [2.75, 3.05) is 45.7 Å². The number of hydrogen-bond acceptors (Lipinski definition) is 13. The van der Waals surface area contributed by atoms with Gasteiger partial charge in [-0.25, -0.2) is 9.59 Å². The van der Waals surface area contributed by atoms with Crippen LogP contribution in [0.3, 0.4) is 0 Å². The fraction of sp³-hybridized carbons (Fsp3) is 0.417. The number of fused-ring (bicyclic) bond motifs is 11. The first-order chi connectivity index (χ1) is 29.9. The van der Waals surface area contributed by atoms with Crippen molar-refractivity contribution in [1.82, 2.24) is 15.1 Å². The van der Waals surface area contributed by atoms with Gasteiger partial charge in [0.15, 0.2) is 22.9 Å². The van der Waals surface area contributed by atoms with E-state index < -0.39 is 47.6 Å². The van der Waals surface area contributed by atoms with Gasteiger partial charge in [-0.1, -0.05) is 67.3 Å². The van der Waals surface area contributed by atoms with Crippen LogP contribution in [-0.2, 0) is 35.0 Å². The van der Waals surface area contributed by atoms with Gasteiger partial charge >= 0.3 is 12.1 Å². The number of nitrogens with zero attached hydrogens (tertiary/aromatic N) is 3. The predicted molar refractivity (Wildman–Crippen MR) is 231 cm³/mol. The van der Waals surface area contributed by atoms with E-state index >= 15 is 0 Å². The van der Waals surface area contributed by atoms with Gasteiger partial charge in [0, 0.05) is 47.1 Å². The van der Waals surface area contributed by atoms with Crippen LogP contribution in [0.2, 0.25) is 0 Å². The molecule has 9 rings (SSSR count). The maximum absolute atomic E-state index is 14.5. The number of amides is 1. The second kappa shape index (κ2) is 16.3. The van der Waals surface area contributed by atoms with Crippen molar-refractivity contribution >= 4 is 29.6 Å². The summed E-state index contributed by atoms with van der Waals surface area (Å²) >= 11 is 1.51. The van der Waals surface area contributed by atoms with Crippen LogP contribution in [0.1, 0.15) is 58.7 Å². The molecule has 7 atom stereocenters. The Hall–Kier alpha value is -5.59. The van der Waals surface area contributed by atoms with Gasteiger partial charge in [0.25, 0.3) is 0 Å². The Morgan fingerprint density at radius 2 is 1.77 bits per heavy atom. The largest absolute Gasteiger partial charge is 0.496 e. The van der Waals surface area contributed by atoms with Crippen LogP contribution >= 0.6 is 11.8 Å². The van der Waals surface area contributed by atoms with Gasteiger partial charge in [-0.05, 0) is 78.7 Å². The number of aryl methyl sites for hydroxylation is 1. The molecule has 3 saturated heterocycles. The first kappa shape index (κ1) is 41.7. The summed E-state index contributed by atoms with van der Waals surface area (Å²) in [6.45, 7) is 8.67. The molecule has 0 spiro atoms. The van der Waals surface area contributed by atoms with Crippen molar-refractivity contribution < 1.29 is 43.2 Å². The number of ether oxygens (including phenoxy) is 5. The SMILES string of the molecule is C=CCOC(=O)NC(CSCC1c2ccccc2-c2ccccc21)C(=O)OC[C@H]1C2=C3OCOC3=C(C)C(=O)C2(O)CC2[C@H]3c4c(cc(C)c(OC)c4C)C[C@@H]([C@H](C#N)N21)N3C. The average Bonchev–Trinajstić information content (AvgIpc) is 3.87. The first-order valence-corrected chi connectivity index (χ1v) is 22.1. The third kappa shape index (κ3) is 6.51. The number of carbonyl (C=O) groups excluding carboxylic acids is 3. The molecule has 3 unspecified atom stereocenters. The molecule has 62 heavy (non-hydrogen) atoms. The number of aliphatic hydroxyl groups is 1. The van der Waals surface area contributed by atoms with E-state index in [0.29, 0.717) is 12.2 Å². The van der Waals surface area contributed by atoms with Gasteiger partial charge in [0.2, 0.25) is 6.79 Å². The Morgan fingerprint density at radius 1 is 1.08 bits per heavy atom. The minimum Gasteiger partial charge on any atom is -0.496 e. The molecule has 322 valence electrons. The van der Waals surface area contributed by atoms with Crippen molar-refractivity contribution in [3.8, 4) is 22.9 Å². The number of nitriles is 1. The number of thioether (sulfide) groups is 1. The standard InChI is InChI=1S/C48H50N4O9S/c1-7-16-58-47(55)50-34(23-62-22-33-31-14-10-8-12-29(31)30-13-9-11-15-32(30)33)46(54)59-21-38-40-44-43(60-24-61-44)27(4)45(53)48(40,56)19-36-41-39-26(3)42(57-6)25(2)17-28(39)18-35(51(41)5)37(20-49)52(36)38/h7-15,17,33-38,41,56H,1,16,18-19,21-24H2,2-6H3,(H,50,55)/t34?,35-,36?,37-,38-,41-,48?/m0/s1. The van der Waals surface area contributed by atoms with E-state index in [0.717, 1.165) is 28.0 Å². The van der Waals surface area contributed by atoms with Crippen molar-refractivity contribution in [3.05, 3.63) is 123 Å². The predicted octanol–water partition coefficient (Wildman–Crippen LogP) is 5.77. The van der Waals surface area contributed by atoms with Crippen LogP contribution in [0.25, 0.3) is 11.1 Å². The highest BCUT2D eigenvalue weighted by atomic mass is 32.2. The normalized spacial score (nSPS) is 26.3. The highest BCUT2D eigenvalue weighted by Gasteiger charge is 2.64. The van der Waals surface area contributed by atoms with Crippen molar-refractivity contribution in [2.24, 2.45) is 0 Å². The van der Waals surface area contributed by atoms with Gasteiger partial charge < -0.3 is 34.1 Å². The molecule has 13 nitrogen and oxygen atoms in total. The van der Waals surface area contributed by atoms with Crippen molar-refractivity contribution in [2.45, 2.75) is 81.4 Å². The van der Waals surface area contributed by atoms with Crippen LogP contribution in [0.15, 0.2) is 89.9 Å². The summed E-state index contributed by atoms with van der Waals surface area (Å²) in [7, 11) is 3.63. The second-order valence-electron chi connectivity index (χ2n) is 16.9. The maximum Gasteiger partial charge on any atom is 0.408 e. The van der Waals surface area contributed by atoms with E-state index in [9.17, 15) is 24.8 Å². The molecule has 4 aliphatic heterocycles. The van der Waals surface area contributed by atoms with Gasteiger partial charge in [-0.15, -0.1) is 0 Å². The van der Waals surface area contributed by atoms with Crippen LogP contribution < -0.4 is 10.1 Å². The third-order valence-electron chi connectivity index (χ3n) is 13.7. The van der Waals surface area contributed by atoms with E-state index in [1.165, 1.54) is 40.1 Å². The van der Waals surface area contributed by atoms with Gasteiger partial charge in [-0.2, -0.15) is 17.0 Å². The number of likely N-dealkylation sites (N-methyl/N-ethyl adjacent to an activating group) is 1. The highest BCUT2D eigenvalue weighted by molar-refractivity contribution is 7.99. The highest BCUT2D eigenvalue weighted by Crippen LogP contribution is 2.55. The number of carbonyl (C=O) groups is 3. The zero-order valence-corrected chi connectivity index (χ0v) is 36.3. The summed E-state index contributed by atoms with van der Waals surface area (Å²) in [5.41, 5.74) is 7.18. The summed E-state index contributed by atoms with van der Waals surface area (Å²) in [6.07, 6.45) is 1.14. The van der Waals surface area contributed by atoms with Crippen LogP contribution in [-0.4, -0.2) is 114 Å². The van der Waals surface area contributed by atoms with Crippen molar-refractivity contribution in [1.29, 1.82) is 5.26 Å². The number of alkyl carbamates (subject to hydrolysis) is 1. The molecule has 0 aromatic heterocycles. The number of Topliss-reactive ketones (excluding diaryl/α,β-unsaturated/α-hetero) is 1. The van der Waals surface area contributed by atoms with E-state index in [2.05, 4.69) is 53.2 Å². The Morgan fingerprint density at radius 3 is 2.45 bits per heavy atom. The Labute approximate surface area is 365 Å². The van der Waals surface area contributed by atoms with Crippen LogP contribution in [0.4, 0.5) is 4.79 Å².